The fourth-order valence-electron chi connectivity index (χ4n) is 6.55. The standard InChI is InChI=1S/C31H45N3O8S/c1-20(2)23(16-27(37)32-14-8-11-21-9-6-5-7-10-21)29(40)34-24(17-28(38)39)25(35)18-33-43(41,42)19-31-13-12-22(15-26(31)36)30(31,3)4/h5-7,9-10,20,22-24,33H,8,11-19H2,1-4H3,(H,32,37)(H,34,40)(H,38,39). The lowest BCUT2D eigenvalue weighted by Gasteiger charge is -2.36. The minimum Gasteiger partial charge on any atom is -0.481 e. The van der Waals surface area contributed by atoms with E-state index in [0.29, 0.717) is 25.8 Å². The molecule has 12 heteroatoms. The molecule has 2 fully saturated rings. The first kappa shape index (κ1) is 34.4. The third kappa shape index (κ3) is 8.50. The van der Waals surface area contributed by atoms with E-state index in [9.17, 15) is 37.5 Å². The molecule has 0 saturated heterocycles. The summed E-state index contributed by atoms with van der Waals surface area (Å²) in [6, 6.07) is 8.32. The van der Waals surface area contributed by atoms with Crippen LogP contribution in [0, 0.1) is 28.6 Å². The van der Waals surface area contributed by atoms with Gasteiger partial charge in [0, 0.05) is 30.7 Å². The van der Waals surface area contributed by atoms with Crippen molar-refractivity contribution in [2.24, 2.45) is 28.6 Å². The first-order valence-corrected chi connectivity index (χ1v) is 16.6. The molecule has 43 heavy (non-hydrogen) atoms. The van der Waals surface area contributed by atoms with E-state index < -0.39 is 69.2 Å². The molecule has 0 aromatic heterocycles. The van der Waals surface area contributed by atoms with Crippen LogP contribution in [-0.4, -0.2) is 67.8 Å². The molecule has 2 aliphatic carbocycles. The van der Waals surface area contributed by atoms with Crippen LogP contribution in [0.2, 0.25) is 0 Å². The van der Waals surface area contributed by atoms with E-state index in [1.807, 2.05) is 44.2 Å². The topological polar surface area (TPSA) is 176 Å². The second-order valence-electron chi connectivity index (χ2n) is 12.9. The van der Waals surface area contributed by atoms with Gasteiger partial charge in [-0.2, -0.15) is 0 Å². The van der Waals surface area contributed by atoms with Crippen LogP contribution < -0.4 is 15.4 Å². The van der Waals surface area contributed by atoms with Crippen molar-refractivity contribution < 1.29 is 37.5 Å². The average molecular weight is 620 g/mol. The lowest BCUT2D eigenvalue weighted by Crippen LogP contribution is -2.51. The summed E-state index contributed by atoms with van der Waals surface area (Å²) in [5.41, 5.74) is -0.355. The van der Waals surface area contributed by atoms with Crippen molar-refractivity contribution in [3.8, 4) is 0 Å². The molecular weight excluding hydrogens is 574 g/mol. The number of hydrogen-bond donors (Lipinski definition) is 4. The Kier molecular flexibility index (Phi) is 11.3. The summed E-state index contributed by atoms with van der Waals surface area (Å²) in [7, 11) is -4.08. The highest BCUT2D eigenvalue weighted by Crippen LogP contribution is 2.64. The maximum absolute atomic E-state index is 13.1. The number of sulfonamides is 1. The predicted molar refractivity (Wildman–Crippen MR) is 160 cm³/mol. The van der Waals surface area contributed by atoms with Crippen LogP contribution in [0.25, 0.3) is 0 Å². The second-order valence-corrected chi connectivity index (χ2v) is 14.7. The van der Waals surface area contributed by atoms with Crippen LogP contribution >= 0.6 is 0 Å². The molecular formula is C31H45N3O8S. The highest BCUT2D eigenvalue weighted by molar-refractivity contribution is 7.89. The Bertz CT molecular complexity index is 1310. The van der Waals surface area contributed by atoms with Crippen molar-refractivity contribution in [2.45, 2.75) is 78.7 Å². The van der Waals surface area contributed by atoms with Crippen molar-refractivity contribution in [3.05, 3.63) is 35.9 Å². The molecule has 1 aromatic carbocycles. The monoisotopic (exact) mass is 619 g/mol. The first-order chi connectivity index (χ1) is 20.1. The number of amides is 2. The Balaban J connectivity index is 1.56. The predicted octanol–water partition coefficient (Wildman–Crippen LogP) is 2.24. The molecule has 238 valence electrons. The molecule has 0 radical (unpaired) electrons. The fourth-order valence-corrected chi connectivity index (χ4v) is 8.35. The quantitative estimate of drug-likeness (QED) is 0.192. The van der Waals surface area contributed by atoms with Crippen molar-refractivity contribution in [1.82, 2.24) is 15.4 Å². The molecule has 2 amide bonds. The Hall–Kier alpha value is -3.12. The maximum Gasteiger partial charge on any atom is 0.305 e. The van der Waals surface area contributed by atoms with Crippen molar-refractivity contribution >= 4 is 39.4 Å². The van der Waals surface area contributed by atoms with Crippen molar-refractivity contribution in [3.63, 3.8) is 0 Å². The number of rotatable bonds is 17. The summed E-state index contributed by atoms with van der Waals surface area (Å²) < 4.78 is 28.3. The highest BCUT2D eigenvalue weighted by atomic mass is 32.2. The molecule has 2 saturated carbocycles. The number of carbonyl (C=O) groups excluding carboxylic acids is 4. The Labute approximate surface area is 254 Å². The van der Waals surface area contributed by atoms with Gasteiger partial charge in [0.2, 0.25) is 21.8 Å². The molecule has 3 rings (SSSR count). The Morgan fingerprint density at radius 3 is 2.30 bits per heavy atom. The first-order valence-electron chi connectivity index (χ1n) is 14.9. The third-order valence-corrected chi connectivity index (χ3v) is 10.9. The molecule has 4 unspecified atom stereocenters. The molecule has 0 aliphatic heterocycles. The number of hydrogen-bond acceptors (Lipinski definition) is 7. The van der Waals surface area contributed by atoms with Crippen LogP contribution in [0.5, 0.6) is 0 Å². The summed E-state index contributed by atoms with van der Waals surface area (Å²) in [6.07, 6.45) is 2.18. The summed E-state index contributed by atoms with van der Waals surface area (Å²) in [6.45, 7) is 6.99. The van der Waals surface area contributed by atoms with Crippen molar-refractivity contribution in [1.29, 1.82) is 0 Å². The number of aryl methyl sites for hydroxylation is 1. The second kappa shape index (κ2) is 14.1. The van der Waals surface area contributed by atoms with Gasteiger partial charge in [0.05, 0.1) is 24.8 Å². The zero-order chi connectivity index (χ0) is 32.0. The lowest BCUT2D eigenvalue weighted by molar-refractivity contribution is -0.141. The molecule has 11 nitrogen and oxygen atoms in total. The fraction of sp³-hybridized carbons (Fsp3) is 0.645. The van der Waals surface area contributed by atoms with E-state index in [1.165, 1.54) is 0 Å². The Morgan fingerprint density at radius 2 is 1.74 bits per heavy atom. The minimum absolute atomic E-state index is 0.0820. The van der Waals surface area contributed by atoms with Crippen LogP contribution in [0.15, 0.2) is 30.3 Å². The summed E-state index contributed by atoms with van der Waals surface area (Å²) >= 11 is 0. The summed E-state index contributed by atoms with van der Waals surface area (Å²) in [5, 5.41) is 14.6. The SMILES string of the molecule is CC(C)C(CC(=O)NCCCc1ccccc1)C(=O)NC(CC(=O)O)C(=O)CNS(=O)(=O)CC12CCC(CC1=O)C2(C)C. The number of carboxylic acids is 1. The number of carbonyl (C=O) groups is 5. The van der Waals surface area contributed by atoms with Gasteiger partial charge in [0.25, 0.3) is 0 Å². The number of Topliss-reactive ketones (excluding diaryl/α,β-unsaturated/α-hetero) is 2. The molecule has 2 aliphatic rings. The molecule has 2 bridgehead atoms. The van der Waals surface area contributed by atoms with E-state index in [1.54, 1.807) is 13.8 Å². The van der Waals surface area contributed by atoms with Crippen LogP contribution in [0.3, 0.4) is 0 Å². The maximum atomic E-state index is 13.1. The van der Waals surface area contributed by atoms with Crippen molar-refractivity contribution in [2.75, 3.05) is 18.8 Å². The minimum atomic E-state index is -4.08. The van der Waals surface area contributed by atoms with E-state index in [2.05, 4.69) is 15.4 Å². The van der Waals surface area contributed by atoms with Crippen LogP contribution in [0.4, 0.5) is 0 Å². The Morgan fingerprint density at radius 1 is 1.07 bits per heavy atom. The molecule has 0 heterocycles. The molecule has 4 N–H and O–H groups in total. The van der Waals surface area contributed by atoms with Gasteiger partial charge in [-0.15, -0.1) is 0 Å². The number of nitrogens with one attached hydrogen (secondary N) is 3. The lowest BCUT2D eigenvalue weighted by atomic mass is 9.70. The number of fused-ring (bicyclic) bond motifs is 2. The highest BCUT2D eigenvalue weighted by Gasteiger charge is 2.65. The van der Waals surface area contributed by atoms with E-state index in [-0.39, 0.29) is 29.9 Å². The molecule has 0 spiro atoms. The number of aliphatic carboxylic acids is 1. The third-order valence-electron chi connectivity index (χ3n) is 9.48. The zero-order valence-corrected chi connectivity index (χ0v) is 26.3. The summed E-state index contributed by atoms with van der Waals surface area (Å²) in [4.78, 5) is 63.0. The smallest absolute Gasteiger partial charge is 0.305 e. The van der Waals surface area contributed by atoms with E-state index in [0.717, 1.165) is 18.4 Å². The average Bonchev–Trinajstić information content (AvgIpc) is 3.26. The van der Waals surface area contributed by atoms with E-state index in [4.69, 9.17) is 0 Å². The number of ketones is 2. The van der Waals surface area contributed by atoms with Gasteiger partial charge in [-0.25, -0.2) is 13.1 Å². The van der Waals surface area contributed by atoms with Gasteiger partial charge in [-0.1, -0.05) is 58.0 Å². The van der Waals surface area contributed by atoms with Crippen LogP contribution in [-0.2, 0) is 40.4 Å². The van der Waals surface area contributed by atoms with Gasteiger partial charge >= 0.3 is 5.97 Å². The zero-order valence-electron chi connectivity index (χ0n) is 25.5. The largest absolute Gasteiger partial charge is 0.481 e. The normalized spacial score (nSPS) is 22.3. The number of benzene rings is 1. The summed E-state index contributed by atoms with van der Waals surface area (Å²) in [5.74, 6) is -4.71. The van der Waals surface area contributed by atoms with Gasteiger partial charge in [0.15, 0.2) is 5.78 Å². The molecule has 4 atom stereocenters. The van der Waals surface area contributed by atoms with Gasteiger partial charge in [-0.3, -0.25) is 24.0 Å². The van der Waals surface area contributed by atoms with Gasteiger partial charge in [0.1, 0.15) is 5.78 Å². The van der Waals surface area contributed by atoms with E-state index >= 15 is 0 Å². The van der Waals surface area contributed by atoms with Gasteiger partial charge < -0.3 is 15.7 Å². The number of carboxylic acid groups (broad SMARTS) is 1. The van der Waals surface area contributed by atoms with Gasteiger partial charge in [-0.05, 0) is 48.5 Å². The van der Waals surface area contributed by atoms with Crippen LogP contribution in [0.1, 0.15) is 71.8 Å². The molecule has 1 aromatic rings.